The summed E-state index contributed by atoms with van der Waals surface area (Å²) < 4.78 is 26.7. The summed E-state index contributed by atoms with van der Waals surface area (Å²) in [6.45, 7) is 4.77. The Hall–Kier alpha value is -0.158. The van der Waals surface area contributed by atoms with Crippen molar-refractivity contribution in [3.8, 4) is 0 Å². The van der Waals surface area contributed by atoms with Crippen molar-refractivity contribution in [1.82, 2.24) is 0 Å². The molecule has 1 aliphatic heterocycles. The van der Waals surface area contributed by atoms with Crippen LogP contribution in [0, 0.1) is 0 Å². The molecule has 0 aliphatic carbocycles. The van der Waals surface area contributed by atoms with Gasteiger partial charge in [0.15, 0.2) is 10.9 Å². The molecule has 0 radical (unpaired) electrons. The number of methoxy groups -OCH3 is 1. The first-order chi connectivity index (χ1) is 9.12. The molecule has 1 fully saturated rings. The van der Waals surface area contributed by atoms with Crippen LogP contribution >= 0.6 is 0 Å². The number of carbonyl (C=O) groups excluding carboxylic acids is 1. The van der Waals surface area contributed by atoms with E-state index >= 15 is 0 Å². The zero-order valence-electron chi connectivity index (χ0n) is 12.0. The molecule has 0 aromatic rings. The lowest BCUT2D eigenvalue weighted by Crippen LogP contribution is -2.50. The van der Waals surface area contributed by atoms with Crippen LogP contribution in [0.3, 0.4) is 0 Å². The molecule has 1 rings (SSSR count). The Bertz CT molecular complexity index is 261. The molecule has 1 aliphatic rings. The molecule has 1 heterocycles. The normalized spacial score (nSPS) is 24.8. The number of carbonyl (C=O) groups is 1. The smallest absolute Gasteiger partial charge is 0.598 e. The van der Waals surface area contributed by atoms with Crippen molar-refractivity contribution in [2.45, 2.75) is 44.0 Å². The summed E-state index contributed by atoms with van der Waals surface area (Å²) in [5.41, 5.74) is 0. The van der Waals surface area contributed by atoms with Crippen LogP contribution in [0.1, 0.15) is 33.1 Å². The van der Waals surface area contributed by atoms with Crippen LogP contribution in [0.5, 0.6) is 0 Å². The van der Waals surface area contributed by atoms with Gasteiger partial charge in [-0.15, -0.1) is 0 Å². The van der Waals surface area contributed by atoms with Gasteiger partial charge in [0.25, 0.3) is 5.97 Å². The minimum Gasteiger partial charge on any atom is -0.616 e. The highest BCUT2D eigenvalue weighted by Crippen LogP contribution is 2.27. The summed E-state index contributed by atoms with van der Waals surface area (Å²) in [7, 11) is 1.59. The van der Waals surface area contributed by atoms with Gasteiger partial charge in [-0.2, -0.15) is 0 Å². The zero-order valence-corrected chi connectivity index (χ0v) is 13.4. The summed E-state index contributed by atoms with van der Waals surface area (Å²) in [5.74, 6) is -0.288. The maximum absolute atomic E-state index is 11.0. The third-order valence-electron chi connectivity index (χ3n) is 2.81. The highest BCUT2D eigenvalue weighted by atomic mass is 27.1. The number of ether oxygens (including phenoxy) is 4. The van der Waals surface area contributed by atoms with Crippen molar-refractivity contribution < 1.29 is 27.5 Å². The molecule has 2 unspecified atom stereocenters. The van der Waals surface area contributed by atoms with Crippen LogP contribution in [-0.2, 0) is 27.5 Å². The quantitative estimate of drug-likeness (QED) is 0.486. The van der Waals surface area contributed by atoms with Gasteiger partial charge in [0.1, 0.15) is 0 Å². The summed E-state index contributed by atoms with van der Waals surface area (Å²) in [6.07, 6.45) is 2.25. The van der Waals surface area contributed by atoms with Gasteiger partial charge in [0.2, 0.25) is 0 Å². The first-order valence-corrected chi connectivity index (χ1v) is 7.96. The first-order valence-electron chi connectivity index (χ1n) is 6.67. The fourth-order valence-electron chi connectivity index (χ4n) is 1.96. The standard InChI is InChI=1S/C10H19O4.C2H4O2.Al.H/c1-3-12-10(8-11-2)14-9-6-4-5-7-13-9;1-2(3)4;;/h10H,3-8H2,1-2H3;1H3,(H,3,4);;/q;;+1;/p-1. The van der Waals surface area contributed by atoms with Gasteiger partial charge in [0, 0.05) is 27.2 Å². The number of hydrogen-bond acceptors (Lipinski definition) is 6. The third-order valence-corrected chi connectivity index (χ3v) is 4.53. The second kappa shape index (κ2) is 8.90. The lowest BCUT2D eigenvalue weighted by Gasteiger charge is -2.38. The van der Waals surface area contributed by atoms with E-state index in [2.05, 4.69) is 0 Å². The van der Waals surface area contributed by atoms with Crippen molar-refractivity contribution in [3.63, 3.8) is 0 Å². The topological polar surface area (TPSA) is 63.2 Å². The molecule has 0 spiro atoms. The fraction of sp³-hybridized carbons (Fsp3) is 0.917. The molecule has 7 heteroatoms. The molecular formula is C12H23AlO6. The van der Waals surface area contributed by atoms with Gasteiger partial charge in [-0.25, -0.2) is 0 Å². The molecule has 0 aromatic carbocycles. The van der Waals surface area contributed by atoms with Crippen LogP contribution in [0.25, 0.3) is 0 Å². The van der Waals surface area contributed by atoms with Crippen LogP contribution in [0.4, 0.5) is 0 Å². The molecule has 19 heavy (non-hydrogen) atoms. The zero-order chi connectivity index (χ0) is 14.1. The highest BCUT2D eigenvalue weighted by Gasteiger charge is 2.42. The second-order valence-corrected chi connectivity index (χ2v) is 6.11. The molecule has 6 nitrogen and oxygen atoms in total. The van der Waals surface area contributed by atoms with Crippen molar-refractivity contribution in [2.75, 3.05) is 26.9 Å². The molecule has 0 amide bonds. The SMILES string of the molecule is CCOC(COC)O[C]1([AlH][O]C(C)=O)CCCCO1. The summed E-state index contributed by atoms with van der Waals surface area (Å²) >= 11 is -1.30. The van der Waals surface area contributed by atoms with Gasteiger partial charge < -0.3 is 22.7 Å². The van der Waals surface area contributed by atoms with Crippen molar-refractivity contribution in [3.05, 3.63) is 0 Å². The summed E-state index contributed by atoms with van der Waals surface area (Å²) in [4.78, 5) is 11.0. The Morgan fingerprint density at radius 2 is 2.26 bits per heavy atom. The van der Waals surface area contributed by atoms with Crippen LogP contribution in [-0.4, -0.2) is 59.4 Å². The van der Waals surface area contributed by atoms with Gasteiger partial charge in [-0.3, -0.25) is 4.79 Å². The summed E-state index contributed by atoms with van der Waals surface area (Å²) in [5, 5.41) is 0. The van der Waals surface area contributed by atoms with E-state index in [0.29, 0.717) is 19.8 Å². The maximum atomic E-state index is 11.0. The highest BCUT2D eigenvalue weighted by molar-refractivity contribution is 6.34. The molecule has 0 bridgehead atoms. The van der Waals surface area contributed by atoms with Crippen LogP contribution in [0.15, 0.2) is 0 Å². The van der Waals surface area contributed by atoms with Gasteiger partial charge >= 0.3 is 15.6 Å². The van der Waals surface area contributed by atoms with E-state index in [9.17, 15) is 4.79 Å². The largest absolute Gasteiger partial charge is 0.616 e. The van der Waals surface area contributed by atoms with Crippen molar-refractivity contribution in [2.24, 2.45) is 0 Å². The van der Waals surface area contributed by atoms with E-state index in [1.807, 2.05) is 6.92 Å². The minimum absolute atomic E-state index is 0.288. The Morgan fingerprint density at radius 3 is 2.79 bits per heavy atom. The predicted octanol–water partition coefficient (Wildman–Crippen LogP) is 0.781. The maximum Gasteiger partial charge on any atom is 0.598 e. The molecule has 0 aromatic heterocycles. The van der Waals surface area contributed by atoms with Crippen molar-refractivity contribution in [1.29, 1.82) is 0 Å². The van der Waals surface area contributed by atoms with Gasteiger partial charge in [-0.1, -0.05) is 0 Å². The van der Waals surface area contributed by atoms with E-state index in [4.69, 9.17) is 22.7 Å². The molecular weight excluding hydrogens is 267 g/mol. The summed E-state index contributed by atoms with van der Waals surface area (Å²) in [6, 6.07) is 0. The Morgan fingerprint density at radius 1 is 1.47 bits per heavy atom. The van der Waals surface area contributed by atoms with E-state index in [1.165, 1.54) is 6.92 Å². The average molecular weight is 290 g/mol. The van der Waals surface area contributed by atoms with Crippen LogP contribution < -0.4 is 0 Å². The average Bonchev–Trinajstić information content (AvgIpc) is 2.38. The lowest BCUT2D eigenvalue weighted by molar-refractivity contribution is -0.293. The van der Waals surface area contributed by atoms with E-state index in [-0.39, 0.29) is 5.97 Å². The Labute approximate surface area is 120 Å². The monoisotopic (exact) mass is 290 g/mol. The fourth-order valence-corrected chi connectivity index (χ4v) is 3.26. The van der Waals surface area contributed by atoms with Crippen LogP contribution in [0.2, 0.25) is 0 Å². The molecule has 2 atom stereocenters. The second-order valence-electron chi connectivity index (χ2n) is 4.45. The first kappa shape index (κ1) is 16.9. The van der Waals surface area contributed by atoms with Gasteiger partial charge in [-0.05, 0) is 26.2 Å². The molecule has 0 N–H and O–H groups in total. The van der Waals surface area contributed by atoms with E-state index in [0.717, 1.165) is 19.3 Å². The number of hydrogen-bond donors (Lipinski definition) is 0. The molecule has 110 valence electrons. The predicted molar refractivity (Wildman–Crippen MR) is 69.8 cm³/mol. The minimum atomic E-state index is -1.30. The van der Waals surface area contributed by atoms with Gasteiger partial charge in [0.05, 0.1) is 6.61 Å². The lowest BCUT2D eigenvalue weighted by atomic mass is 10.2. The number of rotatable bonds is 8. The molecule has 0 saturated carbocycles. The Balaban J connectivity index is 2.62. The van der Waals surface area contributed by atoms with E-state index < -0.39 is 26.5 Å². The van der Waals surface area contributed by atoms with E-state index in [1.54, 1.807) is 7.11 Å². The Kier molecular flexibility index (Phi) is 7.92. The van der Waals surface area contributed by atoms with Crippen molar-refractivity contribution >= 4 is 21.5 Å². The third kappa shape index (κ3) is 6.22. The molecule has 1 saturated heterocycles.